The molecular weight excluding hydrogens is 174 g/mol. The number of rotatable bonds is 1. The highest BCUT2D eigenvalue weighted by molar-refractivity contribution is 6.00. The molecule has 3 heteroatoms. The molecule has 2 rings (SSSR count). The van der Waals surface area contributed by atoms with Crippen LogP contribution in [0.5, 0.6) is 0 Å². The van der Waals surface area contributed by atoms with Crippen molar-refractivity contribution in [2.45, 2.75) is 13.3 Å². The zero-order chi connectivity index (χ0) is 9.80. The van der Waals surface area contributed by atoms with Gasteiger partial charge in [-0.15, -0.1) is 0 Å². The Bertz CT molecular complexity index is 380. The van der Waals surface area contributed by atoms with Crippen LogP contribution in [0, 0.1) is 0 Å². The third-order valence-corrected chi connectivity index (χ3v) is 2.22. The highest BCUT2D eigenvalue weighted by Gasteiger charge is 2.11. The van der Waals surface area contributed by atoms with Gasteiger partial charge in [0.1, 0.15) is 5.84 Å². The summed E-state index contributed by atoms with van der Waals surface area (Å²) >= 11 is 0. The highest BCUT2D eigenvalue weighted by atomic mass is 15.3. The van der Waals surface area contributed by atoms with Crippen molar-refractivity contribution in [3.05, 3.63) is 35.4 Å². The molecular formula is C11H13N3. The van der Waals surface area contributed by atoms with Crippen molar-refractivity contribution in [3.63, 3.8) is 0 Å². The van der Waals surface area contributed by atoms with Gasteiger partial charge in [0.05, 0.1) is 0 Å². The molecule has 0 atom stereocenters. The standard InChI is InChI=1S/C11H13N3/c1-2-13-14-11-10-6-4-3-5-9(10)7-8-12-11/h2-6H,7-8H2,1H3,(H,12,14)/b13-2-. The molecule has 0 saturated carbocycles. The fourth-order valence-electron chi connectivity index (χ4n) is 1.56. The molecule has 0 amide bonds. The van der Waals surface area contributed by atoms with Crippen molar-refractivity contribution in [2.24, 2.45) is 10.1 Å². The minimum atomic E-state index is 0.846. The van der Waals surface area contributed by atoms with E-state index in [2.05, 4.69) is 33.7 Å². The molecule has 1 heterocycles. The summed E-state index contributed by atoms with van der Waals surface area (Å²) in [7, 11) is 0. The summed E-state index contributed by atoms with van der Waals surface area (Å²) in [5, 5.41) is 3.99. The molecule has 0 bridgehead atoms. The molecule has 1 aromatic carbocycles. The number of nitrogens with zero attached hydrogens (tertiary/aromatic N) is 2. The largest absolute Gasteiger partial charge is 0.266 e. The van der Waals surface area contributed by atoms with Crippen LogP contribution in [-0.4, -0.2) is 18.6 Å². The van der Waals surface area contributed by atoms with Gasteiger partial charge >= 0.3 is 0 Å². The lowest BCUT2D eigenvalue weighted by Gasteiger charge is -2.15. The Balaban J connectivity index is 2.30. The minimum Gasteiger partial charge on any atom is -0.266 e. The smallest absolute Gasteiger partial charge is 0.149 e. The maximum absolute atomic E-state index is 4.40. The van der Waals surface area contributed by atoms with E-state index in [9.17, 15) is 0 Å². The molecule has 0 fully saturated rings. The summed E-state index contributed by atoms with van der Waals surface area (Å²) in [6, 6.07) is 8.30. The van der Waals surface area contributed by atoms with E-state index in [1.54, 1.807) is 6.21 Å². The third-order valence-electron chi connectivity index (χ3n) is 2.22. The summed E-state index contributed by atoms with van der Waals surface area (Å²) in [4.78, 5) is 4.40. The predicted octanol–water partition coefficient (Wildman–Crippen LogP) is 1.58. The summed E-state index contributed by atoms with van der Waals surface area (Å²) in [5.41, 5.74) is 5.46. The van der Waals surface area contributed by atoms with Gasteiger partial charge in [-0.05, 0) is 18.9 Å². The third kappa shape index (κ3) is 1.66. The van der Waals surface area contributed by atoms with Gasteiger partial charge in [-0.25, -0.2) is 0 Å². The summed E-state index contributed by atoms with van der Waals surface area (Å²) in [6.07, 6.45) is 2.75. The summed E-state index contributed by atoms with van der Waals surface area (Å²) in [6.45, 7) is 2.72. The first kappa shape index (κ1) is 8.94. The van der Waals surface area contributed by atoms with Gasteiger partial charge < -0.3 is 0 Å². The zero-order valence-corrected chi connectivity index (χ0v) is 8.20. The first-order valence-electron chi connectivity index (χ1n) is 4.78. The fourth-order valence-corrected chi connectivity index (χ4v) is 1.56. The maximum Gasteiger partial charge on any atom is 0.149 e. The Kier molecular flexibility index (Phi) is 2.58. The number of nitrogens with one attached hydrogen (secondary N) is 1. The Hall–Kier alpha value is -1.64. The second-order valence-electron chi connectivity index (χ2n) is 3.14. The van der Waals surface area contributed by atoms with Crippen LogP contribution in [0.4, 0.5) is 0 Å². The van der Waals surface area contributed by atoms with E-state index in [-0.39, 0.29) is 0 Å². The molecule has 72 valence electrons. The molecule has 0 unspecified atom stereocenters. The molecule has 1 aromatic rings. The monoisotopic (exact) mass is 187 g/mol. The van der Waals surface area contributed by atoms with E-state index in [0.717, 1.165) is 18.8 Å². The highest BCUT2D eigenvalue weighted by Crippen LogP contribution is 2.14. The van der Waals surface area contributed by atoms with Crippen molar-refractivity contribution in [2.75, 3.05) is 6.54 Å². The first-order valence-corrected chi connectivity index (χ1v) is 4.78. The average Bonchev–Trinajstić information content (AvgIpc) is 2.26. The lowest BCUT2D eigenvalue weighted by atomic mass is 10.0. The van der Waals surface area contributed by atoms with Gasteiger partial charge in [-0.3, -0.25) is 10.4 Å². The number of hydrogen-bond acceptors (Lipinski definition) is 3. The first-order chi connectivity index (χ1) is 6.92. The molecule has 0 spiro atoms. The van der Waals surface area contributed by atoms with Gasteiger partial charge in [-0.2, -0.15) is 5.10 Å². The van der Waals surface area contributed by atoms with Crippen molar-refractivity contribution < 1.29 is 0 Å². The lowest BCUT2D eigenvalue weighted by Crippen LogP contribution is -2.24. The maximum atomic E-state index is 4.40. The van der Waals surface area contributed by atoms with Crippen LogP contribution in [0.2, 0.25) is 0 Å². The van der Waals surface area contributed by atoms with E-state index in [1.165, 1.54) is 11.1 Å². The van der Waals surface area contributed by atoms with Crippen LogP contribution < -0.4 is 5.43 Å². The summed E-state index contributed by atoms with van der Waals surface area (Å²) in [5.74, 6) is 0.880. The molecule has 14 heavy (non-hydrogen) atoms. The van der Waals surface area contributed by atoms with Gasteiger partial charge in [-0.1, -0.05) is 24.3 Å². The van der Waals surface area contributed by atoms with Gasteiger partial charge in [0.2, 0.25) is 0 Å². The van der Waals surface area contributed by atoms with E-state index in [1.807, 2.05) is 13.0 Å². The van der Waals surface area contributed by atoms with E-state index < -0.39 is 0 Å². The van der Waals surface area contributed by atoms with Crippen LogP contribution in [0.15, 0.2) is 34.4 Å². The lowest BCUT2D eigenvalue weighted by molar-refractivity contribution is 0.901. The average molecular weight is 187 g/mol. The normalized spacial score (nSPS) is 15.1. The van der Waals surface area contributed by atoms with Crippen molar-refractivity contribution >= 4 is 12.1 Å². The Morgan fingerprint density at radius 2 is 2.29 bits per heavy atom. The number of aliphatic imine (C=N–C) groups is 1. The zero-order valence-electron chi connectivity index (χ0n) is 8.20. The number of amidine groups is 1. The second-order valence-corrected chi connectivity index (χ2v) is 3.14. The molecule has 3 nitrogen and oxygen atoms in total. The number of hydrogen-bond donors (Lipinski definition) is 1. The topological polar surface area (TPSA) is 36.8 Å². The van der Waals surface area contributed by atoms with Crippen LogP contribution in [0.25, 0.3) is 0 Å². The second kappa shape index (κ2) is 4.05. The van der Waals surface area contributed by atoms with Crippen LogP contribution in [0.3, 0.4) is 0 Å². The van der Waals surface area contributed by atoms with Crippen molar-refractivity contribution in [1.29, 1.82) is 0 Å². The molecule has 1 aliphatic rings. The van der Waals surface area contributed by atoms with Crippen LogP contribution in [-0.2, 0) is 6.42 Å². The Labute approximate surface area is 83.6 Å². The van der Waals surface area contributed by atoms with E-state index >= 15 is 0 Å². The van der Waals surface area contributed by atoms with Crippen LogP contribution in [0.1, 0.15) is 18.1 Å². The van der Waals surface area contributed by atoms with Gasteiger partial charge in [0.25, 0.3) is 0 Å². The molecule has 0 radical (unpaired) electrons. The number of fused-ring (bicyclic) bond motifs is 1. The van der Waals surface area contributed by atoms with Crippen molar-refractivity contribution in [3.8, 4) is 0 Å². The quantitative estimate of drug-likeness (QED) is 0.526. The fraction of sp³-hybridized carbons (Fsp3) is 0.273. The van der Waals surface area contributed by atoms with E-state index in [0.29, 0.717) is 0 Å². The Morgan fingerprint density at radius 1 is 1.43 bits per heavy atom. The Morgan fingerprint density at radius 3 is 3.14 bits per heavy atom. The molecule has 1 N–H and O–H groups in total. The molecule has 1 aliphatic heterocycles. The predicted molar refractivity (Wildman–Crippen MR) is 58.9 cm³/mol. The molecule has 0 aromatic heterocycles. The summed E-state index contributed by atoms with van der Waals surface area (Å²) < 4.78 is 0. The number of hydrazone groups is 1. The molecule has 0 saturated heterocycles. The van der Waals surface area contributed by atoms with Crippen LogP contribution >= 0.6 is 0 Å². The molecule has 0 aliphatic carbocycles. The van der Waals surface area contributed by atoms with E-state index in [4.69, 9.17) is 0 Å². The van der Waals surface area contributed by atoms with Gasteiger partial charge in [0, 0.05) is 18.3 Å². The van der Waals surface area contributed by atoms with Gasteiger partial charge in [0.15, 0.2) is 0 Å². The number of benzene rings is 1. The van der Waals surface area contributed by atoms with Crippen molar-refractivity contribution in [1.82, 2.24) is 5.43 Å². The minimum absolute atomic E-state index is 0.846. The SMILES string of the molecule is C/C=N\NC1=NCCc2ccccc21.